The van der Waals surface area contributed by atoms with Crippen LogP contribution in [-0.2, 0) is 107 Å². The van der Waals surface area contributed by atoms with Gasteiger partial charge >= 0.3 is 5.97 Å². The number of rotatable bonds is 45. The first-order chi connectivity index (χ1) is 52.5. The normalized spacial score (nSPS) is 15.1. The van der Waals surface area contributed by atoms with E-state index in [0.717, 1.165) is 13.8 Å². The van der Waals surface area contributed by atoms with Gasteiger partial charge in [0.1, 0.15) is 66.0 Å². The number of aliphatic hydroxyl groups excluding tert-OH is 1. The molecule has 0 spiro atoms. The Bertz CT molecular complexity index is 4260. The molecule has 0 radical (unpaired) electrons. The lowest BCUT2D eigenvalue weighted by atomic mass is 9.92. The van der Waals surface area contributed by atoms with Crippen LogP contribution < -0.4 is 86.7 Å². The highest BCUT2D eigenvalue weighted by Gasteiger charge is 2.48. The number of amides is 16. The van der Waals surface area contributed by atoms with E-state index < -0.39 is 230 Å². The van der Waals surface area contributed by atoms with E-state index >= 15 is 14.4 Å². The molecular formula is C72H96N18O19S2. The minimum absolute atomic E-state index is 0.112. The topological polar surface area (TPSA) is 611 Å². The lowest BCUT2D eigenvalue weighted by molar-refractivity contribution is -0.139. The van der Waals surface area contributed by atoms with E-state index in [1.165, 1.54) is 6.20 Å². The Labute approximate surface area is 647 Å². The maximum atomic E-state index is 15.6. The van der Waals surface area contributed by atoms with Crippen molar-refractivity contribution in [2.24, 2.45) is 28.9 Å². The Hall–Kier alpha value is -11.6. The second kappa shape index (κ2) is 41.8. The van der Waals surface area contributed by atoms with Crippen LogP contribution in [0.5, 0.6) is 0 Å². The summed E-state index contributed by atoms with van der Waals surface area (Å²) >= 11 is 8.51. The number of hydrogen-bond donors (Lipinski definition) is 22. The van der Waals surface area contributed by atoms with Crippen molar-refractivity contribution >= 4 is 148 Å². The highest BCUT2D eigenvalue weighted by atomic mass is 32.1. The van der Waals surface area contributed by atoms with Crippen LogP contribution in [0.3, 0.4) is 0 Å². The Balaban J connectivity index is 1.30. The number of nitrogens with two attached hydrogens (primary N) is 4. The van der Waals surface area contributed by atoms with Crippen LogP contribution in [0.1, 0.15) is 108 Å². The number of aromatic nitrogens is 2. The second-order valence-corrected chi connectivity index (χ2v) is 28.1. The first kappa shape index (κ1) is 88.3. The predicted molar refractivity (Wildman–Crippen MR) is 407 cm³/mol. The number of carboxylic acid groups (broad SMARTS) is 1. The average molecular weight is 1580 g/mol. The van der Waals surface area contributed by atoms with Gasteiger partial charge in [0.25, 0.3) is 0 Å². The number of carbonyl (C=O) groups excluding carboxylic acids is 16. The smallest absolute Gasteiger partial charge is 0.303 e. The number of primary amides is 4. The molecule has 0 unspecified atom stereocenters. The van der Waals surface area contributed by atoms with Gasteiger partial charge in [-0.1, -0.05) is 74.5 Å². The Morgan fingerprint density at radius 2 is 0.838 bits per heavy atom. The number of thiol groups is 2. The molecule has 16 amide bonds. The Morgan fingerprint density at radius 3 is 1.27 bits per heavy atom. The van der Waals surface area contributed by atoms with Crippen molar-refractivity contribution in [3.05, 3.63) is 107 Å². The zero-order valence-corrected chi connectivity index (χ0v) is 63.2. The summed E-state index contributed by atoms with van der Waals surface area (Å²) < 4.78 is 0. The molecule has 1 aliphatic rings. The van der Waals surface area contributed by atoms with E-state index in [1.807, 2.05) is 13.8 Å². The quantitative estimate of drug-likeness (QED) is 0.0163. The van der Waals surface area contributed by atoms with Crippen molar-refractivity contribution in [2.45, 2.75) is 183 Å². The number of fused-ring (bicyclic) bond motifs is 3. The number of para-hydroxylation sites is 2. The molecule has 2 aromatic heterocycles. The van der Waals surface area contributed by atoms with Crippen LogP contribution >= 0.6 is 25.3 Å². The van der Waals surface area contributed by atoms with Gasteiger partial charge in [-0.25, -0.2) is 0 Å². The molecule has 24 N–H and O–H groups in total. The Kier molecular flexibility index (Phi) is 33.3. The summed E-state index contributed by atoms with van der Waals surface area (Å²) in [7, 11) is 0. The number of H-pyrrole nitrogens is 2. The zero-order valence-electron chi connectivity index (χ0n) is 61.4. The molecule has 0 fully saturated rings. The number of aliphatic carboxylic acids is 1. The standard InChI is InChI=1S/C72H96N18O19S2/c1-35(2)17-18-46(62(100)81-49(21-24-59(97)98)63(101)85-52(27-57(75)95)61(99)79-32-58(76)96)82-67(105)51(26-41-31-78-45-16-10-8-14-43(41)45)88-71(109)72(28-38-11-5-6-12-39(38)29-72)90-69(107)54(34-111)87-64(102)47(19-22-55(73)93)83-66(104)50(25-40-30-77-44-15-9-7-13-42(40)44)86-70(108)60(36(3)91)89-65(103)48(20-23-56(74)94)84-68(106)53(33-110)80-37(4)92/h5-16,30-31,35-36,46-54,60,77-78,91,110-111H,17-29,32-34H2,1-4H3,(H2,73,93)(H2,74,94)(H2,75,95)(H2,76,96)(H,79,99)(H,80,92)(H,81,100)(H,82,105)(H,83,104)(H,84,106)(H,85,101)(H,86,108)(H,87,102)(H,88,109)(H,89,103)(H,90,107)(H,97,98)/t36-,46+,47+,48+,49+,50+,51+,52+,53+,54+,60+/m1/s1. The first-order valence-electron chi connectivity index (χ1n) is 35.5. The molecule has 0 saturated carbocycles. The molecule has 0 aliphatic heterocycles. The fourth-order valence-electron chi connectivity index (χ4n) is 12.3. The third kappa shape index (κ3) is 26.6. The predicted octanol–water partition coefficient (Wildman–Crippen LogP) is -4.49. The highest BCUT2D eigenvalue weighted by Crippen LogP contribution is 2.32. The van der Waals surface area contributed by atoms with Gasteiger partial charge in [0, 0.05) is 97.6 Å². The molecule has 3 aromatic carbocycles. The maximum absolute atomic E-state index is 15.6. The van der Waals surface area contributed by atoms with Crippen LogP contribution in [0.4, 0.5) is 0 Å². The first-order valence-corrected chi connectivity index (χ1v) is 36.8. The van der Waals surface area contributed by atoms with Gasteiger partial charge < -0.3 is 107 Å². The van der Waals surface area contributed by atoms with Gasteiger partial charge in [0.05, 0.1) is 19.1 Å². The van der Waals surface area contributed by atoms with Gasteiger partial charge in [-0.2, -0.15) is 25.3 Å². The van der Waals surface area contributed by atoms with Crippen molar-refractivity contribution in [3.63, 3.8) is 0 Å². The van der Waals surface area contributed by atoms with Crippen LogP contribution in [0.25, 0.3) is 21.8 Å². The molecule has 11 atom stereocenters. The number of aliphatic hydroxyl groups is 1. The van der Waals surface area contributed by atoms with Gasteiger partial charge in [-0.15, -0.1) is 0 Å². The van der Waals surface area contributed by atoms with Crippen molar-refractivity contribution in [2.75, 3.05) is 18.1 Å². The maximum Gasteiger partial charge on any atom is 0.303 e. The number of nitrogens with one attached hydrogen (secondary N) is 14. The number of aromatic amines is 2. The van der Waals surface area contributed by atoms with E-state index in [-0.39, 0.29) is 50.2 Å². The lowest BCUT2D eigenvalue weighted by Crippen LogP contribution is -2.66. The van der Waals surface area contributed by atoms with E-state index in [2.05, 4.69) is 99.0 Å². The Morgan fingerprint density at radius 1 is 0.441 bits per heavy atom. The number of benzene rings is 3. The zero-order chi connectivity index (χ0) is 82.0. The van der Waals surface area contributed by atoms with E-state index in [9.17, 15) is 77.3 Å². The van der Waals surface area contributed by atoms with Crippen LogP contribution in [0.2, 0.25) is 0 Å². The molecule has 2 heterocycles. The fourth-order valence-corrected chi connectivity index (χ4v) is 12.8. The van der Waals surface area contributed by atoms with Crippen molar-refractivity contribution in [1.82, 2.24) is 73.8 Å². The molecule has 39 heteroatoms. The summed E-state index contributed by atoms with van der Waals surface area (Å²) in [5, 5.41) is 51.9. The summed E-state index contributed by atoms with van der Waals surface area (Å²) in [6.45, 7) is 5.19. The summed E-state index contributed by atoms with van der Waals surface area (Å²) in [4.78, 5) is 237. The lowest BCUT2D eigenvalue weighted by Gasteiger charge is -2.33. The van der Waals surface area contributed by atoms with Crippen LogP contribution in [-0.4, -0.2) is 211 Å². The van der Waals surface area contributed by atoms with Gasteiger partial charge in [0.15, 0.2) is 0 Å². The minimum Gasteiger partial charge on any atom is -0.481 e. The molecule has 1 aliphatic carbocycles. The largest absolute Gasteiger partial charge is 0.481 e. The average Bonchev–Trinajstić information content (AvgIpc) is 1.63. The summed E-state index contributed by atoms with van der Waals surface area (Å²) in [5.74, 6) is -18.3. The van der Waals surface area contributed by atoms with E-state index in [4.69, 9.17) is 22.9 Å². The molecule has 600 valence electrons. The fraction of sp³-hybridized carbons (Fsp3) is 0.458. The van der Waals surface area contributed by atoms with E-state index in [1.54, 1.807) is 79.0 Å². The monoisotopic (exact) mass is 1580 g/mol. The SMILES string of the molecule is CC(=O)N[C@@H](CS)C(=O)N[C@@H](CCC(N)=O)C(=O)N[C@H](C(=O)N[C@@H](Cc1c[nH]c2ccccc12)C(=O)N[C@@H](CCC(N)=O)C(=O)N[C@@H](CS)C(=O)NC1(C(=O)N[C@@H](Cc2c[nH]c3ccccc23)C(=O)N[C@@H](CCC(C)C)C(=O)N[C@@H](CCC(=O)O)C(=O)N[C@@H](CC(N)=O)C(=O)NCC(N)=O)Cc2ccccc2C1)[C@@H](C)O. The molecule has 111 heavy (non-hydrogen) atoms. The van der Waals surface area contributed by atoms with Gasteiger partial charge in [-0.3, -0.25) is 81.5 Å². The molecule has 0 bridgehead atoms. The third-order valence-corrected chi connectivity index (χ3v) is 18.9. The van der Waals surface area contributed by atoms with Gasteiger partial charge in [0.2, 0.25) is 94.5 Å². The van der Waals surface area contributed by atoms with Crippen molar-refractivity contribution in [1.29, 1.82) is 0 Å². The third-order valence-electron chi connectivity index (χ3n) is 18.2. The van der Waals surface area contributed by atoms with Crippen molar-refractivity contribution < 1.29 is 91.7 Å². The highest BCUT2D eigenvalue weighted by molar-refractivity contribution is 7.80. The minimum atomic E-state index is -1.99. The molecule has 5 aromatic rings. The van der Waals surface area contributed by atoms with Crippen LogP contribution in [0, 0.1) is 5.92 Å². The number of carbonyl (C=O) groups is 17. The molecule has 0 saturated heterocycles. The van der Waals surface area contributed by atoms with Gasteiger partial charge in [-0.05, 0) is 79.3 Å². The number of hydrogen-bond acceptors (Lipinski definition) is 20. The summed E-state index contributed by atoms with van der Waals surface area (Å²) in [6.07, 6.45) is -3.58. The summed E-state index contributed by atoms with van der Waals surface area (Å²) in [6, 6.07) is 4.11. The molecule has 6 rings (SSSR count). The molecular weight excluding hydrogens is 1490 g/mol. The van der Waals surface area contributed by atoms with E-state index in [0.29, 0.717) is 44.1 Å². The van der Waals surface area contributed by atoms with Crippen molar-refractivity contribution in [3.8, 4) is 0 Å². The molecule has 37 nitrogen and oxygen atoms in total. The number of carboxylic acids is 1. The summed E-state index contributed by atoms with van der Waals surface area (Å²) in [5.41, 5.74) is 22.8. The second-order valence-electron chi connectivity index (χ2n) is 27.4. The van der Waals surface area contributed by atoms with Crippen LogP contribution in [0.15, 0.2) is 85.2 Å².